The van der Waals surface area contributed by atoms with E-state index in [0.29, 0.717) is 0 Å². The summed E-state index contributed by atoms with van der Waals surface area (Å²) in [7, 11) is 0. The molecule has 0 aliphatic heterocycles. The second kappa shape index (κ2) is 13.7. The second-order valence-electron chi connectivity index (χ2n) is 16.0. The first kappa shape index (κ1) is 34.3. The Balaban J connectivity index is 1.12. The van der Waals surface area contributed by atoms with Crippen LogP contribution in [-0.2, 0) is 5.41 Å². The van der Waals surface area contributed by atoms with Crippen LogP contribution in [-0.4, -0.2) is 0 Å². The first-order valence-corrected chi connectivity index (χ1v) is 20.8. The van der Waals surface area contributed by atoms with Gasteiger partial charge in [0.25, 0.3) is 0 Å². The summed E-state index contributed by atoms with van der Waals surface area (Å²) in [6, 6.07) is 87.4. The van der Waals surface area contributed by atoms with Crippen LogP contribution in [0.3, 0.4) is 0 Å². The normalized spacial score (nSPS) is 12.8. The highest BCUT2D eigenvalue weighted by Crippen LogP contribution is 2.57. The lowest BCUT2D eigenvalue weighted by Gasteiger charge is -2.35. The van der Waals surface area contributed by atoms with Crippen LogP contribution in [0.25, 0.3) is 65.3 Å². The molecule has 0 fully saturated rings. The minimum Gasteiger partial charge on any atom is -0.310 e. The number of hydrogen-bond acceptors (Lipinski definition) is 1. The Labute approximate surface area is 350 Å². The molecule has 0 atom stereocenters. The maximum absolute atomic E-state index is 2.47. The van der Waals surface area contributed by atoms with Crippen LogP contribution in [0.15, 0.2) is 237 Å². The van der Waals surface area contributed by atoms with Gasteiger partial charge < -0.3 is 4.90 Å². The summed E-state index contributed by atoms with van der Waals surface area (Å²) in [5, 5.41) is 10.1. The Morgan fingerprint density at radius 1 is 0.267 bits per heavy atom. The summed E-state index contributed by atoms with van der Waals surface area (Å²) in [6.07, 6.45) is 0. The Morgan fingerprint density at radius 2 is 0.733 bits per heavy atom. The van der Waals surface area contributed by atoms with Crippen molar-refractivity contribution in [2.45, 2.75) is 5.41 Å². The molecule has 60 heavy (non-hydrogen) atoms. The van der Waals surface area contributed by atoms with Crippen LogP contribution in [0.2, 0.25) is 0 Å². The summed E-state index contributed by atoms with van der Waals surface area (Å²) in [5.74, 6) is 0. The van der Waals surface area contributed by atoms with E-state index in [9.17, 15) is 0 Å². The molecule has 0 saturated heterocycles. The molecule has 0 radical (unpaired) electrons. The van der Waals surface area contributed by atoms with Gasteiger partial charge in [-0.05, 0) is 124 Å². The molecule has 12 rings (SSSR count). The maximum atomic E-state index is 2.47. The average molecular weight is 762 g/mol. The van der Waals surface area contributed by atoms with E-state index in [4.69, 9.17) is 0 Å². The lowest BCUT2D eigenvalue weighted by molar-refractivity contribution is 0.768. The molecule has 1 nitrogen and oxygen atoms in total. The van der Waals surface area contributed by atoms with E-state index in [1.165, 1.54) is 87.6 Å². The highest BCUT2D eigenvalue weighted by Gasteiger charge is 2.46. The number of anilines is 3. The summed E-state index contributed by atoms with van der Waals surface area (Å²) >= 11 is 0. The first-order valence-electron chi connectivity index (χ1n) is 20.8. The Bertz CT molecular complexity index is 3340. The largest absolute Gasteiger partial charge is 0.310 e. The number of hydrogen-bond donors (Lipinski definition) is 0. The summed E-state index contributed by atoms with van der Waals surface area (Å²) in [5.41, 5.74) is 12.9. The van der Waals surface area contributed by atoms with Gasteiger partial charge in [-0.15, -0.1) is 0 Å². The number of fused-ring (bicyclic) bond motifs is 10. The molecule has 1 heteroatoms. The van der Waals surface area contributed by atoms with E-state index in [1.807, 2.05) is 0 Å². The van der Waals surface area contributed by atoms with Crippen molar-refractivity contribution in [1.82, 2.24) is 0 Å². The molecule has 1 aliphatic rings. The van der Waals surface area contributed by atoms with Crippen molar-refractivity contribution >= 4 is 60.2 Å². The van der Waals surface area contributed by atoms with Gasteiger partial charge in [0.05, 0.1) is 5.41 Å². The highest BCUT2D eigenvalue weighted by molar-refractivity contribution is 6.25. The summed E-state index contributed by atoms with van der Waals surface area (Å²) < 4.78 is 0. The summed E-state index contributed by atoms with van der Waals surface area (Å²) in [6.45, 7) is 0. The van der Waals surface area contributed by atoms with Crippen molar-refractivity contribution in [2.24, 2.45) is 0 Å². The fourth-order valence-corrected chi connectivity index (χ4v) is 10.3. The predicted molar refractivity (Wildman–Crippen MR) is 254 cm³/mol. The molecule has 11 aromatic carbocycles. The van der Waals surface area contributed by atoms with Crippen LogP contribution >= 0.6 is 0 Å². The van der Waals surface area contributed by atoms with E-state index < -0.39 is 5.41 Å². The van der Waals surface area contributed by atoms with Gasteiger partial charge in [0.15, 0.2) is 0 Å². The van der Waals surface area contributed by atoms with Crippen LogP contribution < -0.4 is 4.90 Å². The van der Waals surface area contributed by atoms with Crippen molar-refractivity contribution in [3.63, 3.8) is 0 Å². The van der Waals surface area contributed by atoms with Gasteiger partial charge >= 0.3 is 0 Å². The maximum Gasteiger partial charge on any atom is 0.0714 e. The van der Waals surface area contributed by atoms with Gasteiger partial charge in [0, 0.05) is 17.1 Å². The molecule has 0 aromatic heterocycles. The van der Waals surface area contributed by atoms with Crippen LogP contribution in [0.5, 0.6) is 0 Å². The average Bonchev–Trinajstić information content (AvgIpc) is 3.63. The van der Waals surface area contributed by atoms with Crippen molar-refractivity contribution in [2.75, 3.05) is 4.90 Å². The van der Waals surface area contributed by atoms with E-state index in [1.54, 1.807) is 0 Å². The SMILES string of the molecule is c1ccc(C2(c3ccccc3)c3ccccc3-c3ccc(N(c4ccc(-c5cccc6ccccc56)cc4)c4ccc5c6ccccc6c6ccccc6c5c4)cc32)cc1. The minimum absolute atomic E-state index is 0.507. The zero-order valence-electron chi connectivity index (χ0n) is 33.0. The second-order valence-corrected chi connectivity index (χ2v) is 16.0. The van der Waals surface area contributed by atoms with E-state index in [-0.39, 0.29) is 0 Å². The molecule has 1 aliphatic carbocycles. The lowest BCUT2D eigenvalue weighted by Crippen LogP contribution is -2.28. The Kier molecular flexibility index (Phi) is 7.83. The van der Waals surface area contributed by atoms with Gasteiger partial charge in [0.1, 0.15) is 0 Å². The van der Waals surface area contributed by atoms with Crippen molar-refractivity contribution in [3.8, 4) is 22.3 Å². The quantitative estimate of drug-likeness (QED) is 0.153. The molecular weight excluding hydrogens is 723 g/mol. The first-order chi connectivity index (χ1) is 29.8. The number of benzene rings is 11. The molecule has 0 saturated carbocycles. The number of nitrogens with zero attached hydrogens (tertiary/aromatic N) is 1. The third kappa shape index (κ3) is 5.13. The van der Waals surface area contributed by atoms with Crippen LogP contribution in [0.4, 0.5) is 17.1 Å². The monoisotopic (exact) mass is 761 g/mol. The molecule has 0 unspecified atom stereocenters. The molecule has 0 amide bonds. The van der Waals surface area contributed by atoms with Crippen molar-refractivity contribution in [1.29, 1.82) is 0 Å². The third-order valence-electron chi connectivity index (χ3n) is 12.9. The zero-order valence-corrected chi connectivity index (χ0v) is 33.0. The minimum atomic E-state index is -0.507. The molecule has 0 N–H and O–H groups in total. The van der Waals surface area contributed by atoms with E-state index in [0.717, 1.165) is 17.1 Å². The van der Waals surface area contributed by atoms with E-state index in [2.05, 4.69) is 241 Å². The molecule has 11 aromatic rings. The fraction of sp³-hybridized carbons (Fsp3) is 0.0169. The van der Waals surface area contributed by atoms with Crippen LogP contribution in [0, 0.1) is 0 Å². The lowest BCUT2D eigenvalue weighted by atomic mass is 9.67. The van der Waals surface area contributed by atoms with E-state index >= 15 is 0 Å². The smallest absolute Gasteiger partial charge is 0.0714 e. The van der Waals surface area contributed by atoms with Gasteiger partial charge in [-0.25, -0.2) is 0 Å². The molecular formula is C59H39N. The fourth-order valence-electron chi connectivity index (χ4n) is 10.3. The third-order valence-corrected chi connectivity index (χ3v) is 12.9. The molecule has 0 heterocycles. The van der Waals surface area contributed by atoms with Crippen molar-refractivity contribution in [3.05, 3.63) is 259 Å². The molecule has 280 valence electrons. The highest BCUT2D eigenvalue weighted by atomic mass is 15.1. The molecule has 0 spiro atoms. The standard InChI is InChI=1S/C59H39N/c1-3-18-42(19-4-1)59(43-20-5-2-6-21-43)57-29-14-13-27-54(57)55-37-35-46(39-58(55)59)60(44-32-30-41(31-33-44)48-28-15-17-40-16-7-8-22-47(40)48)45-34-36-53-51-25-10-9-23-49(51)50-24-11-12-26-52(50)56(53)38-45/h1-39H. The zero-order chi connectivity index (χ0) is 39.6. The summed E-state index contributed by atoms with van der Waals surface area (Å²) in [4.78, 5) is 2.46. The topological polar surface area (TPSA) is 3.24 Å². The van der Waals surface area contributed by atoms with Gasteiger partial charge in [-0.2, -0.15) is 0 Å². The van der Waals surface area contributed by atoms with Crippen molar-refractivity contribution < 1.29 is 0 Å². The Hall–Kier alpha value is -7.74. The molecule has 0 bridgehead atoms. The number of rotatable bonds is 6. The van der Waals surface area contributed by atoms with Crippen LogP contribution in [0.1, 0.15) is 22.3 Å². The van der Waals surface area contributed by atoms with Gasteiger partial charge in [-0.3, -0.25) is 0 Å². The Morgan fingerprint density at radius 3 is 1.42 bits per heavy atom. The van der Waals surface area contributed by atoms with Gasteiger partial charge in [0.2, 0.25) is 0 Å². The predicted octanol–water partition coefficient (Wildman–Crippen LogP) is 15.8. The van der Waals surface area contributed by atoms with Gasteiger partial charge in [-0.1, -0.05) is 200 Å².